The maximum atomic E-state index is 11.7. The fourth-order valence-electron chi connectivity index (χ4n) is 1.93. The molecule has 1 aliphatic heterocycles. The molecule has 0 aliphatic carbocycles. The molecule has 1 aromatic heterocycles. The highest BCUT2D eigenvalue weighted by Gasteiger charge is 2.15. The van der Waals surface area contributed by atoms with Crippen LogP contribution in [0.1, 0.15) is 31.0 Å². The van der Waals surface area contributed by atoms with Gasteiger partial charge < -0.3 is 14.7 Å². The summed E-state index contributed by atoms with van der Waals surface area (Å²) in [6.07, 6.45) is 4.03. The topological polar surface area (TPSA) is 71.3 Å². The van der Waals surface area contributed by atoms with E-state index in [9.17, 15) is 4.79 Å². The molecule has 6 nitrogen and oxygen atoms in total. The molecule has 2 rings (SSSR count). The van der Waals surface area contributed by atoms with Crippen LogP contribution >= 0.6 is 0 Å². The van der Waals surface area contributed by atoms with Crippen molar-refractivity contribution in [2.45, 2.75) is 32.6 Å². The predicted octanol–water partition coefficient (Wildman–Crippen LogP) is 1.12. The summed E-state index contributed by atoms with van der Waals surface area (Å²) in [4.78, 5) is 17.7. The van der Waals surface area contributed by atoms with Crippen molar-refractivity contribution in [2.24, 2.45) is 0 Å². The molecule has 0 unspecified atom stereocenters. The number of aryl methyl sites for hydroxylation is 1. The molecule has 17 heavy (non-hydrogen) atoms. The van der Waals surface area contributed by atoms with Crippen molar-refractivity contribution < 1.29 is 9.32 Å². The van der Waals surface area contributed by atoms with Gasteiger partial charge in [0.2, 0.25) is 5.89 Å². The summed E-state index contributed by atoms with van der Waals surface area (Å²) in [5, 5.41) is 6.56. The van der Waals surface area contributed by atoms with Gasteiger partial charge in [-0.3, -0.25) is 0 Å². The third-order valence-electron chi connectivity index (χ3n) is 2.83. The number of rotatable bonds is 3. The second-order valence-electron chi connectivity index (χ2n) is 4.26. The van der Waals surface area contributed by atoms with Gasteiger partial charge in [-0.15, -0.1) is 0 Å². The van der Waals surface area contributed by atoms with Crippen LogP contribution in [-0.2, 0) is 6.42 Å². The largest absolute Gasteiger partial charge is 0.339 e. The van der Waals surface area contributed by atoms with Crippen molar-refractivity contribution in [1.82, 2.24) is 20.4 Å². The summed E-state index contributed by atoms with van der Waals surface area (Å²) >= 11 is 0. The molecular weight excluding hydrogens is 220 g/mol. The highest BCUT2D eigenvalue weighted by Crippen LogP contribution is 2.08. The Morgan fingerprint density at radius 2 is 2.18 bits per heavy atom. The van der Waals surface area contributed by atoms with Crippen LogP contribution in [0.5, 0.6) is 0 Å². The summed E-state index contributed by atoms with van der Waals surface area (Å²) < 4.78 is 4.97. The Labute approximate surface area is 100 Å². The SMILES string of the molecule is Cc1noc(CCNC(=O)N2CCCCC2)n1. The monoisotopic (exact) mass is 238 g/mol. The number of piperidine rings is 1. The summed E-state index contributed by atoms with van der Waals surface area (Å²) in [5.74, 6) is 1.20. The summed E-state index contributed by atoms with van der Waals surface area (Å²) in [5.41, 5.74) is 0. The van der Waals surface area contributed by atoms with Crippen molar-refractivity contribution in [1.29, 1.82) is 0 Å². The molecule has 2 heterocycles. The molecule has 0 bridgehead atoms. The number of aromatic nitrogens is 2. The third-order valence-corrected chi connectivity index (χ3v) is 2.83. The van der Waals surface area contributed by atoms with Gasteiger partial charge in [-0.2, -0.15) is 4.98 Å². The number of hydrogen-bond acceptors (Lipinski definition) is 4. The molecule has 1 N–H and O–H groups in total. The van der Waals surface area contributed by atoms with Crippen molar-refractivity contribution in [3.63, 3.8) is 0 Å². The maximum absolute atomic E-state index is 11.7. The van der Waals surface area contributed by atoms with Crippen molar-refractivity contribution in [3.8, 4) is 0 Å². The van der Waals surface area contributed by atoms with Crippen LogP contribution in [0.3, 0.4) is 0 Å². The Bertz CT molecular complexity index is 371. The smallest absolute Gasteiger partial charge is 0.317 e. The average Bonchev–Trinajstić information content (AvgIpc) is 2.76. The van der Waals surface area contributed by atoms with E-state index < -0.39 is 0 Å². The fraction of sp³-hybridized carbons (Fsp3) is 0.727. The Hall–Kier alpha value is -1.59. The lowest BCUT2D eigenvalue weighted by Gasteiger charge is -2.26. The van der Waals surface area contributed by atoms with Crippen molar-refractivity contribution >= 4 is 6.03 Å². The highest BCUT2D eigenvalue weighted by molar-refractivity contribution is 5.74. The zero-order valence-electron chi connectivity index (χ0n) is 10.1. The Morgan fingerprint density at radius 3 is 2.82 bits per heavy atom. The van der Waals surface area contributed by atoms with Gasteiger partial charge in [0.25, 0.3) is 0 Å². The number of nitrogens with zero attached hydrogens (tertiary/aromatic N) is 3. The molecule has 6 heteroatoms. The molecule has 0 radical (unpaired) electrons. The first-order chi connectivity index (χ1) is 8.25. The molecule has 2 amide bonds. The second-order valence-corrected chi connectivity index (χ2v) is 4.26. The van der Waals surface area contributed by atoms with Gasteiger partial charge in [-0.1, -0.05) is 5.16 Å². The van der Waals surface area contributed by atoms with Crippen LogP contribution in [-0.4, -0.2) is 40.7 Å². The van der Waals surface area contributed by atoms with E-state index in [1.54, 1.807) is 6.92 Å². The zero-order valence-corrected chi connectivity index (χ0v) is 10.1. The third kappa shape index (κ3) is 3.44. The normalized spacial score (nSPS) is 15.9. The molecule has 0 aromatic carbocycles. The van der Waals surface area contributed by atoms with E-state index in [1.807, 2.05) is 4.90 Å². The Balaban J connectivity index is 1.69. The van der Waals surface area contributed by atoms with Gasteiger partial charge in [0.15, 0.2) is 5.82 Å². The van der Waals surface area contributed by atoms with E-state index in [4.69, 9.17) is 4.52 Å². The molecular formula is C11H18N4O2. The van der Waals surface area contributed by atoms with E-state index >= 15 is 0 Å². The number of hydrogen-bond donors (Lipinski definition) is 1. The quantitative estimate of drug-likeness (QED) is 0.856. The first-order valence-electron chi connectivity index (χ1n) is 6.07. The first-order valence-corrected chi connectivity index (χ1v) is 6.07. The molecule has 1 fully saturated rings. The van der Waals surface area contributed by atoms with Gasteiger partial charge in [-0.05, 0) is 26.2 Å². The lowest BCUT2D eigenvalue weighted by Crippen LogP contribution is -2.43. The number of likely N-dealkylation sites (tertiary alicyclic amines) is 1. The Morgan fingerprint density at radius 1 is 1.41 bits per heavy atom. The Kier molecular flexibility index (Phi) is 3.95. The van der Waals surface area contributed by atoms with Crippen LogP contribution in [0, 0.1) is 6.92 Å². The zero-order chi connectivity index (χ0) is 12.1. The number of amides is 2. The molecule has 1 saturated heterocycles. The summed E-state index contributed by atoms with van der Waals surface area (Å²) in [7, 11) is 0. The predicted molar refractivity (Wildman–Crippen MR) is 61.6 cm³/mol. The van der Waals surface area contributed by atoms with E-state index in [2.05, 4.69) is 15.5 Å². The van der Waals surface area contributed by atoms with Gasteiger partial charge in [0, 0.05) is 26.1 Å². The number of carbonyl (C=O) groups excluding carboxylic acids is 1. The van der Waals surface area contributed by atoms with Gasteiger partial charge in [0.1, 0.15) is 0 Å². The van der Waals surface area contributed by atoms with E-state index in [1.165, 1.54) is 6.42 Å². The molecule has 1 aliphatic rings. The average molecular weight is 238 g/mol. The molecule has 0 atom stereocenters. The minimum atomic E-state index is 0.0148. The number of carbonyl (C=O) groups is 1. The van der Waals surface area contributed by atoms with Crippen molar-refractivity contribution in [2.75, 3.05) is 19.6 Å². The van der Waals surface area contributed by atoms with Crippen LogP contribution in [0.2, 0.25) is 0 Å². The standard InChI is InChI=1S/C11H18N4O2/c1-9-13-10(17-14-9)5-6-12-11(16)15-7-3-2-4-8-15/h2-8H2,1H3,(H,12,16). The summed E-state index contributed by atoms with van der Waals surface area (Å²) in [6, 6.07) is 0.0148. The first kappa shape index (κ1) is 11.9. The van der Waals surface area contributed by atoms with Gasteiger partial charge in [-0.25, -0.2) is 4.79 Å². The van der Waals surface area contributed by atoms with Crippen LogP contribution in [0.25, 0.3) is 0 Å². The number of urea groups is 1. The second kappa shape index (κ2) is 5.65. The van der Waals surface area contributed by atoms with E-state index in [0.29, 0.717) is 24.7 Å². The molecule has 0 spiro atoms. The molecule has 0 saturated carbocycles. The maximum Gasteiger partial charge on any atom is 0.317 e. The van der Waals surface area contributed by atoms with Gasteiger partial charge in [0.05, 0.1) is 0 Å². The van der Waals surface area contributed by atoms with Gasteiger partial charge >= 0.3 is 6.03 Å². The van der Waals surface area contributed by atoms with E-state index in [0.717, 1.165) is 25.9 Å². The molecule has 94 valence electrons. The fourth-order valence-corrected chi connectivity index (χ4v) is 1.93. The van der Waals surface area contributed by atoms with Crippen LogP contribution in [0.15, 0.2) is 4.52 Å². The van der Waals surface area contributed by atoms with E-state index in [-0.39, 0.29) is 6.03 Å². The minimum absolute atomic E-state index is 0.0148. The highest BCUT2D eigenvalue weighted by atomic mass is 16.5. The number of nitrogens with one attached hydrogen (secondary N) is 1. The lowest BCUT2D eigenvalue weighted by molar-refractivity contribution is 0.186. The van der Waals surface area contributed by atoms with Crippen LogP contribution in [0.4, 0.5) is 4.79 Å². The summed E-state index contributed by atoms with van der Waals surface area (Å²) in [6.45, 7) is 4.05. The minimum Gasteiger partial charge on any atom is -0.339 e. The lowest BCUT2D eigenvalue weighted by atomic mass is 10.1. The van der Waals surface area contributed by atoms with Crippen molar-refractivity contribution in [3.05, 3.63) is 11.7 Å². The van der Waals surface area contributed by atoms with Crippen LogP contribution < -0.4 is 5.32 Å². The molecule has 1 aromatic rings.